The molecule has 1 unspecified atom stereocenters. The second kappa shape index (κ2) is 6.76. The van der Waals surface area contributed by atoms with Crippen molar-refractivity contribution in [2.45, 2.75) is 32.4 Å². The van der Waals surface area contributed by atoms with Crippen LogP contribution in [0.5, 0.6) is 0 Å². The van der Waals surface area contributed by atoms with E-state index in [0.717, 1.165) is 0 Å². The minimum atomic E-state index is -0.618. The summed E-state index contributed by atoms with van der Waals surface area (Å²) in [6.07, 6.45) is 0. The van der Waals surface area contributed by atoms with Crippen molar-refractivity contribution >= 4 is 5.91 Å². The van der Waals surface area contributed by atoms with Crippen LogP contribution in [0.15, 0.2) is 0 Å². The molecule has 1 atom stereocenters. The zero-order valence-electron chi connectivity index (χ0n) is 10.0. The monoisotopic (exact) mass is 218 g/mol. The Morgan fingerprint density at radius 3 is 2.60 bits per heavy atom. The minimum Gasteiger partial charge on any atom is -0.383 e. The molecule has 0 bridgehead atoms. The standard InChI is InChI=1S/C10H22N2O3/c1-5-15-10(2,3)7-12-9(13)8(11)6-14-4/h8H,5-7,11H2,1-4H3,(H,12,13). The van der Waals surface area contributed by atoms with E-state index in [4.69, 9.17) is 15.2 Å². The van der Waals surface area contributed by atoms with Gasteiger partial charge in [-0.2, -0.15) is 0 Å². The second-order valence-electron chi connectivity index (χ2n) is 3.97. The fourth-order valence-electron chi connectivity index (χ4n) is 1.13. The Kier molecular flexibility index (Phi) is 6.47. The lowest BCUT2D eigenvalue weighted by Crippen LogP contribution is -2.48. The highest BCUT2D eigenvalue weighted by Crippen LogP contribution is 2.06. The first-order valence-corrected chi connectivity index (χ1v) is 5.09. The van der Waals surface area contributed by atoms with Gasteiger partial charge in [-0.05, 0) is 20.8 Å². The van der Waals surface area contributed by atoms with Gasteiger partial charge < -0.3 is 20.5 Å². The van der Waals surface area contributed by atoms with Gasteiger partial charge in [-0.1, -0.05) is 0 Å². The summed E-state index contributed by atoms with van der Waals surface area (Å²) in [5.41, 5.74) is 5.19. The maximum Gasteiger partial charge on any atom is 0.239 e. The average Bonchev–Trinajstić information content (AvgIpc) is 2.14. The first-order chi connectivity index (χ1) is 6.93. The van der Waals surface area contributed by atoms with E-state index in [1.807, 2.05) is 20.8 Å². The van der Waals surface area contributed by atoms with Crippen LogP contribution in [-0.4, -0.2) is 44.4 Å². The first-order valence-electron chi connectivity index (χ1n) is 5.09. The second-order valence-corrected chi connectivity index (χ2v) is 3.97. The van der Waals surface area contributed by atoms with Crippen LogP contribution < -0.4 is 11.1 Å². The van der Waals surface area contributed by atoms with Crippen molar-refractivity contribution in [3.8, 4) is 0 Å². The van der Waals surface area contributed by atoms with E-state index in [0.29, 0.717) is 13.2 Å². The third-order valence-corrected chi connectivity index (χ3v) is 1.91. The Hall–Kier alpha value is -0.650. The van der Waals surface area contributed by atoms with Crippen LogP contribution in [0.25, 0.3) is 0 Å². The quantitative estimate of drug-likeness (QED) is 0.625. The normalized spacial score (nSPS) is 13.7. The van der Waals surface area contributed by atoms with Gasteiger partial charge in [0.1, 0.15) is 6.04 Å². The average molecular weight is 218 g/mol. The number of hydrogen-bond donors (Lipinski definition) is 2. The van der Waals surface area contributed by atoms with E-state index in [1.165, 1.54) is 7.11 Å². The largest absolute Gasteiger partial charge is 0.383 e. The van der Waals surface area contributed by atoms with Crippen molar-refractivity contribution < 1.29 is 14.3 Å². The molecule has 0 saturated carbocycles. The molecule has 0 radical (unpaired) electrons. The molecule has 0 heterocycles. The molecule has 0 saturated heterocycles. The van der Waals surface area contributed by atoms with E-state index < -0.39 is 6.04 Å². The predicted molar refractivity (Wildman–Crippen MR) is 58.6 cm³/mol. The molecule has 0 aromatic rings. The molecule has 0 spiro atoms. The van der Waals surface area contributed by atoms with Crippen molar-refractivity contribution in [2.75, 3.05) is 26.9 Å². The lowest BCUT2D eigenvalue weighted by molar-refractivity contribution is -0.125. The van der Waals surface area contributed by atoms with E-state index >= 15 is 0 Å². The van der Waals surface area contributed by atoms with Gasteiger partial charge in [-0.25, -0.2) is 0 Å². The summed E-state index contributed by atoms with van der Waals surface area (Å²) in [4.78, 5) is 11.4. The van der Waals surface area contributed by atoms with Gasteiger partial charge >= 0.3 is 0 Å². The van der Waals surface area contributed by atoms with Crippen LogP contribution in [0.3, 0.4) is 0 Å². The summed E-state index contributed by atoms with van der Waals surface area (Å²) >= 11 is 0. The smallest absolute Gasteiger partial charge is 0.239 e. The lowest BCUT2D eigenvalue weighted by Gasteiger charge is -2.25. The number of rotatable bonds is 7. The molecule has 0 fully saturated rings. The van der Waals surface area contributed by atoms with E-state index in [9.17, 15) is 4.79 Å². The lowest BCUT2D eigenvalue weighted by atomic mass is 10.1. The predicted octanol–water partition coefficient (Wildman–Crippen LogP) is -0.109. The number of hydrogen-bond acceptors (Lipinski definition) is 4. The van der Waals surface area contributed by atoms with E-state index in [2.05, 4.69) is 5.32 Å². The molecule has 0 aliphatic rings. The number of nitrogens with one attached hydrogen (secondary N) is 1. The van der Waals surface area contributed by atoms with Crippen LogP contribution in [0.1, 0.15) is 20.8 Å². The molecule has 0 aliphatic heterocycles. The van der Waals surface area contributed by atoms with Gasteiger partial charge in [0.25, 0.3) is 0 Å². The van der Waals surface area contributed by atoms with Crippen LogP contribution in [0.4, 0.5) is 0 Å². The zero-order valence-corrected chi connectivity index (χ0v) is 10.0. The summed E-state index contributed by atoms with van der Waals surface area (Å²) in [7, 11) is 1.51. The van der Waals surface area contributed by atoms with Crippen LogP contribution in [-0.2, 0) is 14.3 Å². The summed E-state index contributed by atoms with van der Waals surface area (Å²) in [5, 5.41) is 2.72. The Balaban J connectivity index is 3.88. The number of ether oxygens (including phenoxy) is 2. The van der Waals surface area contributed by atoms with Gasteiger partial charge in [-0.15, -0.1) is 0 Å². The van der Waals surface area contributed by atoms with Gasteiger partial charge in [-0.3, -0.25) is 4.79 Å². The van der Waals surface area contributed by atoms with E-state index in [-0.39, 0.29) is 18.1 Å². The Bertz CT molecular complexity index is 195. The molecule has 3 N–H and O–H groups in total. The summed E-state index contributed by atoms with van der Waals surface area (Å²) in [6, 6.07) is -0.618. The highest BCUT2D eigenvalue weighted by molar-refractivity contribution is 5.81. The van der Waals surface area contributed by atoms with Crippen LogP contribution in [0.2, 0.25) is 0 Å². The Morgan fingerprint density at radius 1 is 1.53 bits per heavy atom. The van der Waals surface area contributed by atoms with Crippen molar-refractivity contribution in [3.05, 3.63) is 0 Å². The molecule has 5 heteroatoms. The number of nitrogens with two attached hydrogens (primary N) is 1. The maximum absolute atomic E-state index is 11.4. The molecule has 1 amide bonds. The van der Waals surface area contributed by atoms with Crippen molar-refractivity contribution in [1.82, 2.24) is 5.32 Å². The highest BCUT2D eigenvalue weighted by atomic mass is 16.5. The van der Waals surface area contributed by atoms with Crippen LogP contribution in [0, 0.1) is 0 Å². The number of carbonyl (C=O) groups is 1. The molecule has 15 heavy (non-hydrogen) atoms. The van der Waals surface area contributed by atoms with Gasteiger partial charge in [0.05, 0.1) is 12.2 Å². The number of methoxy groups -OCH3 is 1. The number of amides is 1. The Labute approximate surface area is 91.3 Å². The summed E-state index contributed by atoms with van der Waals surface area (Å²) < 4.78 is 10.2. The van der Waals surface area contributed by atoms with Crippen LogP contribution >= 0.6 is 0 Å². The summed E-state index contributed by atoms with van der Waals surface area (Å²) in [6.45, 7) is 7.03. The topological polar surface area (TPSA) is 73.6 Å². The van der Waals surface area contributed by atoms with Crippen molar-refractivity contribution in [1.29, 1.82) is 0 Å². The van der Waals surface area contributed by atoms with Crippen molar-refractivity contribution in [3.63, 3.8) is 0 Å². The van der Waals surface area contributed by atoms with Gasteiger partial charge in [0.15, 0.2) is 0 Å². The zero-order chi connectivity index (χ0) is 11.9. The highest BCUT2D eigenvalue weighted by Gasteiger charge is 2.20. The molecule has 90 valence electrons. The molecule has 0 aromatic carbocycles. The Morgan fingerprint density at radius 2 is 2.13 bits per heavy atom. The minimum absolute atomic E-state index is 0.218. The molecular formula is C10H22N2O3. The maximum atomic E-state index is 11.4. The van der Waals surface area contributed by atoms with E-state index in [1.54, 1.807) is 0 Å². The molecule has 0 aliphatic carbocycles. The SMILES string of the molecule is CCOC(C)(C)CNC(=O)C(N)COC. The fourth-order valence-corrected chi connectivity index (χ4v) is 1.13. The third-order valence-electron chi connectivity index (χ3n) is 1.91. The van der Waals surface area contributed by atoms with Gasteiger partial charge in [0, 0.05) is 20.3 Å². The third kappa shape index (κ3) is 6.43. The molecular weight excluding hydrogens is 196 g/mol. The first kappa shape index (κ1) is 14.3. The number of carbonyl (C=O) groups excluding carboxylic acids is 1. The van der Waals surface area contributed by atoms with Crippen molar-refractivity contribution in [2.24, 2.45) is 5.73 Å². The fraction of sp³-hybridized carbons (Fsp3) is 0.900. The molecule has 0 rings (SSSR count). The summed E-state index contributed by atoms with van der Waals surface area (Å²) in [5.74, 6) is -0.218. The molecule has 0 aromatic heterocycles. The molecule has 5 nitrogen and oxygen atoms in total. The van der Waals surface area contributed by atoms with Gasteiger partial charge in [0.2, 0.25) is 5.91 Å².